The van der Waals surface area contributed by atoms with Gasteiger partial charge in [-0.25, -0.2) is 4.79 Å². The number of carboxylic acid groups (broad SMARTS) is 1. The van der Waals surface area contributed by atoms with Crippen LogP contribution in [0.5, 0.6) is 0 Å². The Labute approximate surface area is 95.0 Å². The summed E-state index contributed by atoms with van der Waals surface area (Å²) in [5, 5.41) is 14.1. The third-order valence-corrected chi connectivity index (χ3v) is 2.61. The van der Waals surface area contributed by atoms with Crippen LogP contribution in [-0.2, 0) is 4.79 Å². The molecule has 0 bridgehead atoms. The minimum absolute atomic E-state index is 0.178. The molecule has 1 atom stereocenters. The van der Waals surface area contributed by atoms with E-state index >= 15 is 0 Å². The minimum Gasteiger partial charge on any atom is -0.465 e. The fourth-order valence-corrected chi connectivity index (χ4v) is 1.83. The Morgan fingerprint density at radius 1 is 1.50 bits per heavy atom. The summed E-state index contributed by atoms with van der Waals surface area (Å²) in [4.78, 5) is 24.3. The second-order valence-electron chi connectivity index (χ2n) is 4.66. The SMILES string of the molecule is C[C@@H]1CN(C(=O)C(C)(C)NC(=O)O)CCN1. The highest BCUT2D eigenvalue weighted by molar-refractivity contribution is 5.88. The van der Waals surface area contributed by atoms with Crippen molar-refractivity contribution in [1.29, 1.82) is 0 Å². The van der Waals surface area contributed by atoms with Gasteiger partial charge in [0, 0.05) is 25.7 Å². The molecule has 0 unspecified atom stereocenters. The number of piperazine rings is 1. The highest BCUT2D eigenvalue weighted by Gasteiger charge is 2.34. The van der Waals surface area contributed by atoms with Crippen molar-refractivity contribution in [3.63, 3.8) is 0 Å². The molecule has 0 aromatic rings. The molecule has 2 amide bonds. The monoisotopic (exact) mass is 229 g/mol. The van der Waals surface area contributed by atoms with Crippen LogP contribution in [0.4, 0.5) is 4.79 Å². The largest absolute Gasteiger partial charge is 0.465 e. The van der Waals surface area contributed by atoms with Gasteiger partial charge in [0.2, 0.25) is 5.91 Å². The molecule has 1 aliphatic rings. The first kappa shape index (κ1) is 12.8. The lowest BCUT2D eigenvalue weighted by Gasteiger charge is -2.36. The summed E-state index contributed by atoms with van der Waals surface area (Å²) in [7, 11) is 0. The zero-order valence-electron chi connectivity index (χ0n) is 9.91. The minimum atomic E-state index is -1.18. The third kappa shape index (κ3) is 3.10. The highest BCUT2D eigenvalue weighted by atomic mass is 16.4. The fourth-order valence-electron chi connectivity index (χ4n) is 1.83. The van der Waals surface area contributed by atoms with E-state index in [0.29, 0.717) is 13.1 Å². The predicted octanol–water partition coefficient (Wildman–Crippen LogP) is -0.147. The Bertz CT molecular complexity index is 291. The molecule has 1 rings (SSSR count). The van der Waals surface area contributed by atoms with Crippen molar-refractivity contribution in [2.45, 2.75) is 32.4 Å². The summed E-state index contributed by atoms with van der Waals surface area (Å²) in [6, 6.07) is 0.248. The molecule has 0 aromatic heterocycles. The van der Waals surface area contributed by atoms with Crippen molar-refractivity contribution in [2.75, 3.05) is 19.6 Å². The second kappa shape index (κ2) is 4.69. The first-order chi connectivity index (χ1) is 7.33. The zero-order valence-corrected chi connectivity index (χ0v) is 9.91. The van der Waals surface area contributed by atoms with Crippen LogP contribution < -0.4 is 10.6 Å². The van der Waals surface area contributed by atoms with Crippen LogP contribution >= 0.6 is 0 Å². The Morgan fingerprint density at radius 3 is 2.62 bits per heavy atom. The average molecular weight is 229 g/mol. The fraction of sp³-hybridized carbons (Fsp3) is 0.800. The molecule has 6 heteroatoms. The highest BCUT2D eigenvalue weighted by Crippen LogP contribution is 2.10. The van der Waals surface area contributed by atoms with Gasteiger partial charge >= 0.3 is 6.09 Å². The molecule has 1 saturated heterocycles. The molecule has 1 aliphatic heterocycles. The quantitative estimate of drug-likeness (QED) is 0.615. The molecule has 6 nitrogen and oxygen atoms in total. The van der Waals surface area contributed by atoms with E-state index in [2.05, 4.69) is 10.6 Å². The molecule has 0 saturated carbocycles. The van der Waals surface area contributed by atoms with Gasteiger partial charge < -0.3 is 20.6 Å². The van der Waals surface area contributed by atoms with E-state index in [1.807, 2.05) is 6.92 Å². The van der Waals surface area contributed by atoms with Crippen LogP contribution in [0.15, 0.2) is 0 Å². The lowest BCUT2D eigenvalue weighted by Crippen LogP contribution is -2.60. The van der Waals surface area contributed by atoms with Gasteiger partial charge in [-0.1, -0.05) is 0 Å². The predicted molar refractivity (Wildman–Crippen MR) is 59.3 cm³/mol. The van der Waals surface area contributed by atoms with Crippen molar-refractivity contribution >= 4 is 12.0 Å². The number of nitrogens with one attached hydrogen (secondary N) is 2. The van der Waals surface area contributed by atoms with Crippen LogP contribution in [0.3, 0.4) is 0 Å². The van der Waals surface area contributed by atoms with Crippen LogP contribution in [0.1, 0.15) is 20.8 Å². The summed E-state index contributed by atoms with van der Waals surface area (Å²) < 4.78 is 0. The normalized spacial score (nSPS) is 21.7. The van der Waals surface area contributed by atoms with E-state index < -0.39 is 11.6 Å². The average Bonchev–Trinajstić information content (AvgIpc) is 2.14. The molecule has 92 valence electrons. The van der Waals surface area contributed by atoms with E-state index in [1.54, 1.807) is 18.7 Å². The maximum atomic E-state index is 12.1. The molecule has 0 aliphatic carbocycles. The lowest BCUT2D eigenvalue weighted by atomic mass is 10.0. The van der Waals surface area contributed by atoms with Crippen molar-refractivity contribution < 1.29 is 14.7 Å². The maximum absolute atomic E-state index is 12.1. The summed E-state index contributed by atoms with van der Waals surface area (Å²) in [5.74, 6) is -0.178. The number of hydrogen-bond donors (Lipinski definition) is 3. The maximum Gasteiger partial charge on any atom is 0.405 e. The molecule has 16 heavy (non-hydrogen) atoms. The van der Waals surface area contributed by atoms with Crippen molar-refractivity contribution in [3.05, 3.63) is 0 Å². The Balaban J connectivity index is 2.64. The molecule has 0 spiro atoms. The van der Waals surface area contributed by atoms with E-state index in [4.69, 9.17) is 5.11 Å². The molecule has 1 fully saturated rings. The Kier molecular flexibility index (Phi) is 3.74. The smallest absolute Gasteiger partial charge is 0.405 e. The topological polar surface area (TPSA) is 81.7 Å². The third-order valence-electron chi connectivity index (χ3n) is 2.61. The first-order valence-corrected chi connectivity index (χ1v) is 5.37. The number of carbonyl (C=O) groups excluding carboxylic acids is 1. The summed E-state index contributed by atoms with van der Waals surface area (Å²) in [5.41, 5.74) is -1.07. The summed E-state index contributed by atoms with van der Waals surface area (Å²) >= 11 is 0. The first-order valence-electron chi connectivity index (χ1n) is 5.37. The number of rotatable bonds is 2. The number of amides is 2. The van der Waals surface area contributed by atoms with Crippen LogP contribution in [-0.4, -0.2) is 53.2 Å². The van der Waals surface area contributed by atoms with Crippen molar-refractivity contribution in [2.24, 2.45) is 0 Å². The van der Waals surface area contributed by atoms with Crippen molar-refractivity contribution in [3.8, 4) is 0 Å². The van der Waals surface area contributed by atoms with Gasteiger partial charge in [-0.2, -0.15) is 0 Å². The number of carbonyl (C=O) groups is 2. The van der Waals surface area contributed by atoms with Crippen LogP contribution in [0.25, 0.3) is 0 Å². The van der Waals surface area contributed by atoms with E-state index in [1.165, 1.54) is 0 Å². The van der Waals surface area contributed by atoms with E-state index in [-0.39, 0.29) is 11.9 Å². The summed E-state index contributed by atoms with van der Waals surface area (Å²) in [6.45, 7) is 7.14. The molecular weight excluding hydrogens is 210 g/mol. The summed E-state index contributed by atoms with van der Waals surface area (Å²) in [6.07, 6.45) is -1.18. The molecule has 3 N–H and O–H groups in total. The van der Waals surface area contributed by atoms with Gasteiger partial charge in [-0.15, -0.1) is 0 Å². The lowest BCUT2D eigenvalue weighted by molar-refractivity contribution is -0.138. The Morgan fingerprint density at radius 2 is 2.12 bits per heavy atom. The number of hydrogen-bond acceptors (Lipinski definition) is 3. The molecular formula is C10H19N3O3. The second-order valence-corrected chi connectivity index (χ2v) is 4.66. The van der Waals surface area contributed by atoms with E-state index in [0.717, 1.165) is 6.54 Å². The standard InChI is InChI=1S/C10H19N3O3/c1-7-6-13(5-4-11-7)8(14)10(2,3)12-9(15)16/h7,11-12H,4-6H2,1-3H3,(H,15,16)/t7-/m1/s1. The zero-order chi connectivity index (χ0) is 12.3. The van der Waals surface area contributed by atoms with Crippen LogP contribution in [0.2, 0.25) is 0 Å². The van der Waals surface area contributed by atoms with Gasteiger partial charge in [-0.3, -0.25) is 4.79 Å². The van der Waals surface area contributed by atoms with Gasteiger partial charge in [0.25, 0.3) is 0 Å². The van der Waals surface area contributed by atoms with Gasteiger partial charge in [0.1, 0.15) is 5.54 Å². The van der Waals surface area contributed by atoms with Crippen LogP contribution in [0, 0.1) is 0 Å². The molecule has 0 radical (unpaired) electrons. The van der Waals surface area contributed by atoms with Gasteiger partial charge in [0.05, 0.1) is 0 Å². The van der Waals surface area contributed by atoms with Crippen molar-refractivity contribution in [1.82, 2.24) is 15.5 Å². The molecule has 0 aromatic carbocycles. The van der Waals surface area contributed by atoms with Gasteiger partial charge in [0.15, 0.2) is 0 Å². The van der Waals surface area contributed by atoms with E-state index in [9.17, 15) is 9.59 Å². The Hall–Kier alpha value is -1.30. The van der Waals surface area contributed by atoms with Gasteiger partial charge in [-0.05, 0) is 20.8 Å². The number of nitrogens with zero attached hydrogens (tertiary/aromatic N) is 1. The molecule has 1 heterocycles.